The Morgan fingerprint density at radius 1 is 0.625 bits per heavy atom. The topological polar surface area (TPSA) is 40.6 Å². The van der Waals surface area contributed by atoms with Gasteiger partial charge in [-0.3, -0.25) is 9.59 Å². The lowest BCUT2D eigenvalue weighted by molar-refractivity contribution is -0.133. The molecule has 0 aliphatic heterocycles. The smallest absolute Gasteiger partial charge is 0.222 e. The van der Waals surface area contributed by atoms with E-state index in [0.717, 1.165) is 25.9 Å². The van der Waals surface area contributed by atoms with Crippen molar-refractivity contribution in [3.8, 4) is 11.1 Å². The zero-order chi connectivity index (χ0) is 23.7. The van der Waals surface area contributed by atoms with E-state index in [1.54, 1.807) is 0 Å². The van der Waals surface area contributed by atoms with Crippen LogP contribution in [0.4, 0.5) is 0 Å². The SMILES string of the molecule is CCC(=O)N(CC)C(C)Cc1ccc(-c2ccc(CC(C)N(CC)C(=O)CC)cc2)cc1. The Kier molecular flexibility index (Phi) is 9.96. The van der Waals surface area contributed by atoms with Crippen molar-refractivity contribution in [2.45, 2.75) is 79.3 Å². The van der Waals surface area contributed by atoms with E-state index >= 15 is 0 Å². The van der Waals surface area contributed by atoms with Gasteiger partial charge in [0.15, 0.2) is 0 Å². The van der Waals surface area contributed by atoms with Crippen LogP contribution in [0.15, 0.2) is 48.5 Å². The lowest BCUT2D eigenvalue weighted by Crippen LogP contribution is -2.39. The molecular weight excluding hydrogens is 396 g/mol. The predicted molar refractivity (Wildman–Crippen MR) is 134 cm³/mol. The molecule has 4 heteroatoms. The van der Waals surface area contributed by atoms with Crippen LogP contribution in [0, 0.1) is 0 Å². The van der Waals surface area contributed by atoms with Gasteiger partial charge in [-0.1, -0.05) is 62.4 Å². The average Bonchev–Trinajstić information content (AvgIpc) is 2.80. The molecule has 2 rings (SSSR count). The molecule has 0 fully saturated rings. The molecule has 0 aromatic heterocycles. The molecule has 0 heterocycles. The maximum atomic E-state index is 12.1. The van der Waals surface area contributed by atoms with Crippen LogP contribution in [-0.4, -0.2) is 46.8 Å². The minimum Gasteiger partial charge on any atom is -0.340 e. The third-order valence-corrected chi connectivity index (χ3v) is 6.29. The number of nitrogens with zero attached hydrogens (tertiary/aromatic N) is 2. The van der Waals surface area contributed by atoms with Gasteiger partial charge >= 0.3 is 0 Å². The third-order valence-electron chi connectivity index (χ3n) is 6.29. The summed E-state index contributed by atoms with van der Waals surface area (Å²) in [4.78, 5) is 28.2. The Morgan fingerprint density at radius 3 is 1.19 bits per heavy atom. The second-order valence-corrected chi connectivity index (χ2v) is 8.57. The highest BCUT2D eigenvalue weighted by Gasteiger charge is 2.18. The fourth-order valence-corrected chi connectivity index (χ4v) is 4.44. The summed E-state index contributed by atoms with van der Waals surface area (Å²) >= 11 is 0. The first-order chi connectivity index (χ1) is 15.3. The van der Waals surface area contributed by atoms with Gasteiger partial charge in [0, 0.05) is 38.0 Å². The standard InChI is InChI=1S/C28H40N2O2/c1-7-27(31)29(9-3)21(5)19-23-11-15-25(16-12-23)26-17-13-24(14-18-26)20-22(6)30(10-4)28(32)8-2/h11-18,21-22H,7-10,19-20H2,1-6H3. The summed E-state index contributed by atoms with van der Waals surface area (Å²) in [6, 6.07) is 17.7. The number of likely N-dealkylation sites (N-methyl/N-ethyl adjacent to an activating group) is 2. The Bertz CT molecular complexity index is 785. The molecule has 2 amide bonds. The number of amides is 2. The van der Waals surface area contributed by atoms with E-state index in [0.29, 0.717) is 12.8 Å². The molecule has 2 aromatic carbocycles. The van der Waals surface area contributed by atoms with Gasteiger partial charge in [-0.2, -0.15) is 0 Å². The van der Waals surface area contributed by atoms with Crippen molar-refractivity contribution in [2.24, 2.45) is 0 Å². The molecule has 0 saturated heterocycles. The normalized spacial score (nSPS) is 12.8. The molecule has 0 aliphatic rings. The highest BCUT2D eigenvalue weighted by Crippen LogP contribution is 2.22. The second-order valence-electron chi connectivity index (χ2n) is 8.57. The second kappa shape index (κ2) is 12.4. The van der Waals surface area contributed by atoms with Gasteiger partial charge in [0.1, 0.15) is 0 Å². The monoisotopic (exact) mass is 436 g/mol. The van der Waals surface area contributed by atoms with Gasteiger partial charge in [-0.05, 0) is 62.8 Å². The molecule has 0 N–H and O–H groups in total. The van der Waals surface area contributed by atoms with E-state index in [1.807, 2.05) is 37.5 Å². The predicted octanol–water partition coefficient (Wildman–Crippen LogP) is 5.73. The summed E-state index contributed by atoms with van der Waals surface area (Å²) in [5.74, 6) is 0.430. The van der Waals surface area contributed by atoms with Crippen LogP contribution < -0.4 is 0 Å². The fraction of sp³-hybridized carbons (Fsp3) is 0.500. The zero-order valence-electron chi connectivity index (χ0n) is 20.7. The average molecular weight is 437 g/mol. The first kappa shape index (κ1) is 25.6. The van der Waals surface area contributed by atoms with Gasteiger partial charge in [0.25, 0.3) is 0 Å². The number of hydrogen-bond acceptors (Lipinski definition) is 2. The third kappa shape index (κ3) is 6.69. The first-order valence-corrected chi connectivity index (χ1v) is 12.1. The van der Waals surface area contributed by atoms with Crippen molar-refractivity contribution in [3.63, 3.8) is 0 Å². The Morgan fingerprint density at radius 2 is 0.938 bits per heavy atom. The number of hydrogen-bond donors (Lipinski definition) is 0. The summed E-state index contributed by atoms with van der Waals surface area (Å²) < 4.78 is 0. The number of rotatable bonds is 11. The summed E-state index contributed by atoms with van der Waals surface area (Å²) in [6.45, 7) is 13.7. The van der Waals surface area contributed by atoms with Gasteiger partial charge in [-0.25, -0.2) is 0 Å². The zero-order valence-corrected chi connectivity index (χ0v) is 20.7. The van der Waals surface area contributed by atoms with E-state index in [-0.39, 0.29) is 23.9 Å². The first-order valence-electron chi connectivity index (χ1n) is 12.1. The van der Waals surface area contributed by atoms with Gasteiger partial charge in [-0.15, -0.1) is 0 Å². The van der Waals surface area contributed by atoms with Crippen LogP contribution in [0.25, 0.3) is 11.1 Å². The molecule has 0 radical (unpaired) electrons. The lowest BCUT2D eigenvalue weighted by atomic mass is 9.98. The maximum absolute atomic E-state index is 12.1. The summed E-state index contributed by atoms with van der Waals surface area (Å²) in [5, 5.41) is 0. The van der Waals surface area contributed by atoms with Crippen LogP contribution >= 0.6 is 0 Å². The Labute approximate surface area is 194 Å². The van der Waals surface area contributed by atoms with E-state index < -0.39 is 0 Å². The molecule has 0 aliphatic carbocycles. The number of carbonyl (C=O) groups excluding carboxylic acids is 2. The van der Waals surface area contributed by atoms with Gasteiger partial charge in [0.05, 0.1) is 0 Å². The van der Waals surface area contributed by atoms with Crippen LogP contribution in [0.1, 0.15) is 65.5 Å². The molecule has 2 aromatic rings. The minimum atomic E-state index is 0.196. The lowest BCUT2D eigenvalue weighted by Gasteiger charge is -2.28. The van der Waals surface area contributed by atoms with Crippen molar-refractivity contribution in [1.29, 1.82) is 0 Å². The molecule has 0 bridgehead atoms. The largest absolute Gasteiger partial charge is 0.340 e. The van der Waals surface area contributed by atoms with E-state index in [1.165, 1.54) is 22.3 Å². The summed E-state index contributed by atoms with van der Waals surface area (Å²) in [6.07, 6.45) is 2.83. The van der Waals surface area contributed by atoms with Crippen molar-refractivity contribution < 1.29 is 9.59 Å². The summed E-state index contributed by atoms with van der Waals surface area (Å²) in [7, 11) is 0. The van der Waals surface area contributed by atoms with E-state index in [4.69, 9.17) is 0 Å². The number of carbonyl (C=O) groups is 2. The molecule has 174 valence electrons. The molecule has 0 spiro atoms. The number of benzene rings is 2. The van der Waals surface area contributed by atoms with Gasteiger partial charge in [0.2, 0.25) is 11.8 Å². The fourth-order valence-electron chi connectivity index (χ4n) is 4.44. The van der Waals surface area contributed by atoms with Crippen molar-refractivity contribution in [2.75, 3.05) is 13.1 Å². The van der Waals surface area contributed by atoms with Crippen molar-refractivity contribution in [1.82, 2.24) is 9.80 Å². The maximum Gasteiger partial charge on any atom is 0.222 e. The quantitative estimate of drug-likeness (QED) is 0.451. The van der Waals surface area contributed by atoms with Crippen LogP contribution in [0.3, 0.4) is 0 Å². The van der Waals surface area contributed by atoms with Crippen LogP contribution in [0.5, 0.6) is 0 Å². The van der Waals surface area contributed by atoms with E-state index in [9.17, 15) is 9.59 Å². The van der Waals surface area contributed by atoms with Crippen molar-refractivity contribution in [3.05, 3.63) is 59.7 Å². The highest BCUT2D eigenvalue weighted by molar-refractivity contribution is 5.76. The van der Waals surface area contributed by atoms with Gasteiger partial charge < -0.3 is 9.80 Å². The van der Waals surface area contributed by atoms with Crippen LogP contribution in [-0.2, 0) is 22.4 Å². The molecular formula is C28H40N2O2. The summed E-state index contributed by atoms with van der Waals surface area (Å²) in [5.41, 5.74) is 4.87. The highest BCUT2D eigenvalue weighted by atomic mass is 16.2. The van der Waals surface area contributed by atoms with Crippen LogP contribution in [0.2, 0.25) is 0 Å². The van der Waals surface area contributed by atoms with Crippen molar-refractivity contribution >= 4 is 11.8 Å². The minimum absolute atomic E-state index is 0.196. The molecule has 0 saturated carbocycles. The van der Waals surface area contributed by atoms with E-state index in [2.05, 4.69) is 62.4 Å². The Balaban J connectivity index is 2.03. The molecule has 4 nitrogen and oxygen atoms in total. The molecule has 2 atom stereocenters. The molecule has 2 unspecified atom stereocenters. The molecule has 32 heavy (non-hydrogen) atoms. The Hall–Kier alpha value is -2.62.